The minimum absolute atomic E-state index is 0.0866. The first-order valence-corrected chi connectivity index (χ1v) is 8.04. The van der Waals surface area contributed by atoms with E-state index in [0.717, 1.165) is 0 Å². The molecule has 0 radical (unpaired) electrons. The molecule has 26 heavy (non-hydrogen) atoms. The summed E-state index contributed by atoms with van der Waals surface area (Å²) in [6, 6.07) is 20.5. The predicted molar refractivity (Wildman–Crippen MR) is 97.7 cm³/mol. The van der Waals surface area contributed by atoms with Gasteiger partial charge in [-0.1, -0.05) is 36.4 Å². The van der Waals surface area contributed by atoms with E-state index in [1.807, 2.05) is 24.3 Å². The summed E-state index contributed by atoms with van der Waals surface area (Å²) in [7, 11) is 0. The van der Waals surface area contributed by atoms with E-state index >= 15 is 0 Å². The van der Waals surface area contributed by atoms with Gasteiger partial charge in [0.15, 0.2) is 5.78 Å². The molecular formula is C21H14N2O3. The Labute approximate surface area is 149 Å². The number of primary amides is 1. The average Bonchev–Trinajstić information content (AvgIpc) is 2.68. The molecule has 0 fully saturated rings. The Morgan fingerprint density at radius 1 is 0.654 bits per heavy atom. The highest BCUT2D eigenvalue weighted by atomic mass is 16.2. The zero-order chi connectivity index (χ0) is 18.3. The molecule has 0 aromatic heterocycles. The molecule has 0 aliphatic carbocycles. The number of fused-ring (bicyclic) bond motifs is 2. The van der Waals surface area contributed by atoms with Crippen LogP contribution in [0, 0.1) is 0 Å². The van der Waals surface area contributed by atoms with Crippen molar-refractivity contribution in [1.29, 1.82) is 0 Å². The van der Waals surface area contributed by atoms with Crippen LogP contribution in [0.3, 0.4) is 0 Å². The maximum atomic E-state index is 12.7. The first-order chi connectivity index (χ1) is 12.5. The standard InChI is InChI=1S/C21H14N2O3/c22-20(25)14-7-4-8-15(9-14)21(26)23-17-10-16(11-18(23)12-17)19(24)13-5-2-1-3-6-13/h1-12H,(H2,22,25). The van der Waals surface area contributed by atoms with Crippen molar-refractivity contribution in [2.24, 2.45) is 5.73 Å². The van der Waals surface area contributed by atoms with Crippen molar-refractivity contribution >= 4 is 29.0 Å². The van der Waals surface area contributed by atoms with Crippen LogP contribution in [0.2, 0.25) is 0 Å². The summed E-state index contributed by atoms with van der Waals surface area (Å²) in [5, 5.41) is 0. The van der Waals surface area contributed by atoms with E-state index in [-0.39, 0.29) is 17.3 Å². The molecule has 0 saturated carbocycles. The summed E-state index contributed by atoms with van der Waals surface area (Å²) in [6.45, 7) is 0. The third-order valence-corrected chi connectivity index (χ3v) is 4.31. The lowest BCUT2D eigenvalue weighted by atomic mass is 9.97. The Hall–Kier alpha value is -3.73. The number of rotatable bonds is 4. The molecule has 2 heterocycles. The topological polar surface area (TPSA) is 80.5 Å². The molecule has 5 heteroatoms. The number of carbonyl (C=O) groups excluding carboxylic acids is 3. The van der Waals surface area contributed by atoms with E-state index in [1.54, 1.807) is 42.5 Å². The summed E-state index contributed by atoms with van der Waals surface area (Å²) in [5.41, 5.74) is 8.35. The second-order valence-electron chi connectivity index (χ2n) is 6.02. The molecule has 3 aromatic rings. The van der Waals surface area contributed by atoms with Crippen LogP contribution in [0.25, 0.3) is 0 Å². The second kappa shape index (κ2) is 5.97. The minimum Gasteiger partial charge on any atom is -0.366 e. The average molecular weight is 342 g/mol. The molecule has 3 aromatic carbocycles. The number of hydrogen-bond donors (Lipinski definition) is 1. The molecule has 5 nitrogen and oxygen atoms in total. The van der Waals surface area contributed by atoms with Gasteiger partial charge < -0.3 is 5.73 Å². The van der Waals surface area contributed by atoms with Gasteiger partial charge in [-0.15, -0.1) is 0 Å². The van der Waals surface area contributed by atoms with Crippen LogP contribution in [-0.2, 0) is 0 Å². The van der Waals surface area contributed by atoms with Gasteiger partial charge in [0.25, 0.3) is 5.91 Å². The number of carbonyl (C=O) groups is 3. The first kappa shape index (κ1) is 15.8. The SMILES string of the molecule is NC(=O)c1cccc(C(=O)N2c3cc(C(=O)c4ccccc4)cc2c3)c1. The number of benzene rings is 3. The van der Waals surface area contributed by atoms with E-state index in [2.05, 4.69) is 0 Å². The Balaban J connectivity index is 1.60. The highest BCUT2D eigenvalue weighted by Crippen LogP contribution is 2.40. The molecule has 2 N–H and O–H groups in total. The number of ketones is 1. The third-order valence-electron chi connectivity index (χ3n) is 4.31. The van der Waals surface area contributed by atoms with Crippen LogP contribution in [-0.4, -0.2) is 17.6 Å². The van der Waals surface area contributed by atoms with Gasteiger partial charge in [0, 0.05) is 22.3 Å². The predicted octanol–water partition coefficient (Wildman–Crippen LogP) is 3.31. The van der Waals surface area contributed by atoms with Crippen molar-refractivity contribution in [3.63, 3.8) is 0 Å². The molecule has 2 aliphatic heterocycles. The van der Waals surface area contributed by atoms with Gasteiger partial charge in [-0.25, -0.2) is 0 Å². The summed E-state index contributed by atoms with van der Waals surface area (Å²) in [4.78, 5) is 38.1. The van der Waals surface area contributed by atoms with Gasteiger partial charge in [-0.2, -0.15) is 0 Å². The van der Waals surface area contributed by atoms with E-state index in [4.69, 9.17) is 5.73 Å². The maximum absolute atomic E-state index is 12.7. The first-order valence-electron chi connectivity index (χ1n) is 8.04. The molecule has 0 unspecified atom stereocenters. The van der Waals surface area contributed by atoms with E-state index in [9.17, 15) is 14.4 Å². The lowest BCUT2D eigenvalue weighted by Gasteiger charge is -2.32. The van der Waals surface area contributed by atoms with E-state index in [0.29, 0.717) is 28.1 Å². The molecule has 2 bridgehead atoms. The van der Waals surface area contributed by atoms with Crippen molar-refractivity contribution < 1.29 is 14.4 Å². The second-order valence-corrected chi connectivity index (χ2v) is 6.02. The molecule has 0 atom stereocenters. The largest absolute Gasteiger partial charge is 0.366 e. The van der Waals surface area contributed by atoms with Gasteiger partial charge in [0.1, 0.15) is 0 Å². The Morgan fingerprint density at radius 2 is 1.27 bits per heavy atom. The minimum atomic E-state index is -0.586. The quantitative estimate of drug-likeness (QED) is 0.739. The molecule has 2 amide bonds. The number of hydrogen-bond acceptors (Lipinski definition) is 3. The highest BCUT2D eigenvalue weighted by molar-refractivity contribution is 6.18. The molecule has 0 spiro atoms. The molecule has 2 aliphatic rings. The third kappa shape index (κ3) is 2.56. The number of anilines is 2. The van der Waals surface area contributed by atoms with Crippen molar-refractivity contribution in [3.8, 4) is 0 Å². The van der Waals surface area contributed by atoms with Gasteiger partial charge in [0.05, 0.1) is 11.4 Å². The van der Waals surface area contributed by atoms with Crippen molar-refractivity contribution in [1.82, 2.24) is 0 Å². The fourth-order valence-corrected chi connectivity index (χ4v) is 2.99. The Morgan fingerprint density at radius 3 is 1.92 bits per heavy atom. The lowest BCUT2D eigenvalue weighted by Crippen LogP contribution is -2.32. The fraction of sp³-hybridized carbons (Fsp3) is 0. The number of nitrogens with zero attached hydrogens (tertiary/aromatic N) is 1. The molecule has 5 rings (SSSR count). The smallest absolute Gasteiger partial charge is 0.262 e. The van der Waals surface area contributed by atoms with Crippen molar-refractivity contribution in [2.75, 3.05) is 4.90 Å². The Kier molecular flexibility index (Phi) is 3.62. The zero-order valence-corrected chi connectivity index (χ0v) is 13.7. The molecule has 0 saturated heterocycles. The zero-order valence-electron chi connectivity index (χ0n) is 13.7. The normalized spacial score (nSPS) is 11.6. The summed E-state index contributed by atoms with van der Waals surface area (Å²) in [5.74, 6) is -0.937. The maximum Gasteiger partial charge on any atom is 0.262 e. The number of nitrogens with two attached hydrogens (primary N) is 1. The highest BCUT2D eigenvalue weighted by Gasteiger charge is 2.30. The monoisotopic (exact) mass is 342 g/mol. The number of amides is 2. The van der Waals surface area contributed by atoms with Crippen LogP contribution < -0.4 is 10.6 Å². The van der Waals surface area contributed by atoms with Gasteiger partial charge in [-0.3, -0.25) is 19.3 Å². The molecule has 126 valence electrons. The van der Waals surface area contributed by atoms with Crippen molar-refractivity contribution in [2.45, 2.75) is 0 Å². The summed E-state index contributed by atoms with van der Waals surface area (Å²) in [6.07, 6.45) is 0. The summed E-state index contributed by atoms with van der Waals surface area (Å²) >= 11 is 0. The van der Waals surface area contributed by atoms with E-state index < -0.39 is 5.91 Å². The van der Waals surface area contributed by atoms with Crippen LogP contribution >= 0.6 is 0 Å². The molecular weight excluding hydrogens is 328 g/mol. The van der Waals surface area contributed by atoms with Crippen LogP contribution in [0.1, 0.15) is 36.6 Å². The van der Waals surface area contributed by atoms with Crippen LogP contribution in [0.4, 0.5) is 11.4 Å². The Bertz CT molecular complexity index is 1040. The van der Waals surface area contributed by atoms with Crippen LogP contribution in [0.15, 0.2) is 72.8 Å². The van der Waals surface area contributed by atoms with Gasteiger partial charge in [-0.05, 0) is 36.4 Å². The summed E-state index contributed by atoms with van der Waals surface area (Å²) < 4.78 is 0. The lowest BCUT2D eigenvalue weighted by molar-refractivity contribution is 0.0992. The van der Waals surface area contributed by atoms with Gasteiger partial charge >= 0.3 is 0 Å². The van der Waals surface area contributed by atoms with E-state index in [1.165, 1.54) is 11.0 Å². The van der Waals surface area contributed by atoms with Gasteiger partial charge in [0.2, 0.25) is 5.91 Å². The fourth-order valence-electron chi connectivity index (χ4n) is 2.99. The van der Waals surface area contributed by atoms with Crippen LogP contribution in [0.5, 0.6) is 0 Å². The van der Waals surface area contributed by atoms with Crippen molar-refractivity contribution in [3.05, 3.63) is 95.1 Å².